The van der Waals surface area contributed by atoms with Gasteiger partial charge in [0, 0.05) is 5.56 Å². The summed E-state index contributed by atoms with van der Waals surface area (Å²) in [5.74, 6) is -0.112. The summed E-state index contributed by atoms with van der Waals surface area (Å²) in [6.07, 6.45) is -4.87. The molecular formula is C20H19ClF3N3O4. The van der Waals surface area contributed by atoms with E-state index in [4.69, 9.17) is 25.6 Å². The summed E-state index contributed by atoms with van der Waals surface area (Å²) in [5.41, 5.74) is -0.210. The first-order valence-electron chi connectivity index (χ1n) is 9.50. The lowest BCUT2D eigenvalue weighted by molar-refractivity contribution is -0.144. The van der Waals surface area contributed by atoms with Gasteiger partial charge in [-0.15, -0.1) is 0 Å². The molecule has 1 aliphatic rings. The van der Waals surface area contributed by atoms with Crippen molar-refractivity contribution in [1.29, 1.82) is 0 Å². The molecule has 1 saturated heterocycles. The molecule has 3 aromatic rings. The van der Waals surface area contributed by atoms with Gasteiger partial charge in [0.2, 0.25) is 0 Å². The zero-order valence-electron chi connectivity index (χ0n) is 16.4. The van der Waals surface area contributed by atoms with Gasteiger partial charge in [0.25, 0.3) is 0 Å². The summed E-state index contributed by atoms with van der Waals surface area (Å²) in [4.78, 5) is 0. The van der Waals surface area contributed by atoms with Crippen LogP contribution in [0.15, 0.2) is 35.0 Å². The zero-order valence-corrected chi connectivity index (χ0v) is 17.2. The molecule has 1 aromatic carbocycles. The molecule has 1 aliphatic heterocycles. The van der Waals surface area contributed by atoms with Crippen LogP contribution in [0, 0.1) is 0 Å². The number of benzene rings is 1. The SMILES string of the molecule is CC(O)Cn1ncc(-c2onc(-c3ccccc3Cl)c2COC2COC2)c1C(F)(F)F. The number of aliphatic hydroxyl groups is 1. The van der Waals surface area contributed by atoms with Gasteiger partial charge in [-0.1, -0.05) is 35.0 Å². The second-order valence-corrected chi connectivity index (χ2v) is 7.63. The van der Waals surface area contributed by atoms with Gasteiger partial charge in [-0.2, -0.15) is 18.3 Å². The van der Waals surface area contributed by atoms with Gasteiger partial charge < -0.3 is 19.1 Å². The van der Waals surface area contributed by atoms with Crippen molar-refractivity contribution in [3.63, 3.8) is 0 Å². The molecule has 1 unspecified atom stereocenters. The van der Waals surface area contributed by atoms with E-state index in [0.717, 1.165) is 6.20 Å². The lowest BCUT2D eigenvalue weighted by atomic mass is 10.0. The number of alkyl halides is 3. The predicted molar refractivity (Wildman–Crippen MR) is 104 cm³/mol. The Morgan fingerprint density at radius 2 is 2.03 bits per heavy atom. The molecule has 2 aromatic heterocycles. The van der Waals surface area contributed by atoms with E-state index in [1.165, 1.54) is 6.92 Å². The molecule has 166 valence electrons. The molecule has 0 aliphatic carbocycles. The van der Waals surface area contributed by atoms with Gasteiger partial charge >= 0.3 is 6.18 Å². The predicted octanol–water partition coefficient (Wildman–Crippen LogP) is 4.17. The number of aromatic nitrogens is 3. The highest BCUT2D eigenvalue weighted by atomic mass is 35.5. The summed E-state index contributed by atoms with van der Waals surface area (Å²) in [7, 11) is 0. The van der Waals surface area contributed by atoms with Crippen molar-refractivity contribution in [2.24, 2.45) is 0 Å². The first-order valence-corrected chi connectivity index (χ1v) is 9.87. The monoisotopic (exact) mass is 457 g/mol. The quantitative estimate of drug-likeness (QED) is 0.573. The lowest BCUT2D eigenvalue weighted by Crippen LogP contribution is -2.35. The summed E-state index contributed by atoms with van der Waals surface area (Å²) < 4.78 is 58.7. The van der Waals surface area contributed by atoms with Crippen molar-refractivity contribution < 1.29 is 32.3 Å². The van der Waals surface area contributed by atoms with Crippen molar-refractivity contribution in [1.82, 2.24) is 14.9 Å². The highest BCUT2D eigenvalue weighted by Crippen LogP contribution is 2.42. The maximum atomic E-state index is 13.9. The first-order chi connectivity index (χ1) is 14.8. The Hall–Kier alpha value is -2.40. The number of ether oxygens (including phenoxy) is 2. The van der Waals surface area contributed by atoms with Crippen LogP contribution in [0.5, 0.6) is 0 Å². The maximum Gasteiger partial charge on any atom is 0.433 e. The average Bonchev–Trinajstić information content (AvgIpc) is 3.24. The maximum absolute atomic E-state index is 13.9. The van der Waals surface area contributed by atoms with Gasteiger partial charge in [-0.05, 0) is 13.0 Å². The van der Waals surface area contributed by atoms with Crippen molar-refractivity contribution in [3.05, 3.63) is 46.7 Å². The van der Waals surface area contributed by atoms with E-state index in [2.05, 4.69) is 10.3 Å². The minimum Gasteiger partial charge on any atom is -0.391 e. The third-order valence-electron chi connectivity index (χ3n) is 4.78. The summed E-state index contributed by atoms with van der Waals surface area (Å²) >= 11 is 6.29. The van der Waals surface area contributed by atoms with Gasteiger partial charge in [0.05, 0.1) is 54.8 Å². The fourth-order valence-electron chi connectivity index (χ4n) is 3.27. The molecule has 4 rings (SSSR count). The molecule has 0 saturated carbocycles. The van der Waals surface area contributed by atoms with Crippen molar-refractivity contribution in [3.8, 4) is 22.6 Å². The third-order valence-corrected chi connectivity index (χ3v) is 5.11. The van der Waals surface area contributed by atoms with Crippen LogP contribution < -0.4 is 0 Å². The van der Waals surface area contributed by atoms with E-state index in [0.29, 0.717) is 34.0 Å². The van der Waals surface area contributed by atoms with Crippen LogP contribution >= 0.6 is 11.6 Å². The molecule has 1 fully saturated rings. The van der Waals surface area contributed by atoms with Crippen molar-refractivity contribution in [2.75, 3.05) is 13.2 Å². The van der Waals surface area contributed by atoms with Crippen molar-refractivity contribution in [2.45, 2.75) is 38.5 Å². The van der Waals surface area contributed by atoms with Gasteiger partial charge in [-0.3, -0.25) is 4.68 Å². The molecule has 31 heavy (non-hydrogen) atoms. The van der Waals surface area contributed by atoms with Crippen LogP contribution in [-0.2, 0) is 28.8 Å². The van der Waals surface area contributed by atoms with Gasteiger partial charge in [-0.25, -0.2) is 0 Å². The minimum absolute atomic E-state index is 0.0493. The Morgan fingerprint density at radius 1 is 1.29 bits per heavy atom. The van der Waals surface area contributed by atoms with E-state index in [1.807, 2.05) is 0 Å². The summed E-state index contributed by atoms with van der Waals surface area (Å²) in [5, 5.41) is 17.8. The summed E-state index contributed by atoms with van der Waals surface area (Å²) in [6.45, 7) is 1.81. The topological polar surface area (TPSA) is 82.5 Å². The number of nitrogens with zero attached hydrogens (tertiary/aromatic N) is 3. The van der Waals surface area contributed by atoms with Gasteiger partial charge in [0.15, 0.2) is 11.5 Å². The molecule has 0 amide bonds. The smallest absolute Gasteiger partial charge is 0.391 e. The second kappa shape index (κ2) is 8.62. The van der Waals surface area contributed by atoms with Crippen LogP contribution in [0.4, 0.5) is 13.2 Å². The first kappa shape index (κ1) is 21.8. The average molecular weight is 458 g/mol. The molecule has 7 nitrogen and oxygen atoms in total. The Labute approximate surface area is 180 Å². The Balaban J connectivity index is 1.83. The van der Waals surface area contributed by atoms with E-state index in [9.17, 15) is 18.3 Å². The third kappa shape index (κ3) is 4.47. The molecule has 0 spiro atoms. The molecule has 11 heteroatoms. The number of hydrogen-bond donors (Lipinski definition) is 1. The molecular weight excluding hydrogens is 439 g/mol. The van der Waals surface area contributed by atoms with E-state index < -0.39 is 18.0 Å². The minimum atomic E-state index is -4.74. The van der Waals surface area contributed by atoms with Gasteiger partial charge in [0.1, 0.15) is 11.8 Å². The second-order valence-electron chi connectivity index (χ2n) is 7.22. The molecule has 1 atom stereocenters. The fourth-order valence-corrected chi connectivity index (χ4v) is 3.50. The van der Waals surface area contributed by atoms with E-state index in [-0.39, 0.29) is 36.3 Å². The number of rotatable bonds is 7. The molecule has 0 bridgehead atoms. The van der Waals surface area contributed by atoms with Crippen LogP contribution in [-0.4, -0.2) is 45.5 Å². The van der Waals surface area contributed by atoms with Crippen LogP contribution in [0.1, 0.15) is 18.2 Å². The Bertz CT molecular complexity index is 1060. The fraction of sp³-hybridized carbons (Fsp3) is 0.400. The number of hydrogen-bond acceptors (Lipinski definition) is 6. The zero-order chi connectivity index (χ0) is 22.2. The number of aliphatic hydroxyl groups excluding tert-OH is 1. The lowest BCUT2D eigenvalue weighted by Gasteiger charge is -2.26. The molecule has 1 N–H and O–H groups in total. The van der Waals surface area contributed by atoms with Crippen LogP contribution in [0.25, 0.3) is 22.6 Å². The molecule has 0 radical (unpaired) electrons. The normalized spacial score (nSPS) is 15.8. The van der Waals surface area contributed by atoms with E-state index in [1.54, 1.807) is 24.3 Å². The van der Waals surface area contributed by atoms with E-state index >= 15 is 0 Å². The van der Waals surface area contributed by atoms with Crippen molar-refractivity contribution >= 4 is 11.6 Å². The van der Waals surface area contributed by atoms with Crippen LogP contribution in [0.3, 0.4) is 0 Å². The molecule has 3 heterocycles. The highest BCUT2D eigenvalue weighted by Gasteiger charge is 2.41. The highest BCUT2D eigenvalue weighted by molar-refractivity contribution is 6.33. The standard InChI is InChI=1S/C20H19ClF3N3O4/c1-11(28)7-27-19(20(22,23)24)14(6-25-27)18-15(10-30-12-8-29-9-12)17(26-31-18)13-4-2-3-5-16(13)21/h2-6,11-12,28H,7-10H2,1H3. The summed E-state index contributed by atoms with van der Waals surface area (Å²) in [6, 6.07) is 6.82. The number of halogens is 4. The Morgan fingerprint density at radius 3 is 2.65 bits per heavy atom. The van der Waals surface area contributed by atoms with Crippen LogP contribution in [0.2, 0.25) is 5.02 Å². The largest absolute Gasteiger partial charge is 0.433 e. The Kier molecular flexibility index (Phi) is 6.07.